The van der Waals surface area contributed by atoms with Crippen LogP contribution in [0.4, 0.5) is 5.69 Å². The standard InChI is InChI=1S/C19H23N3O4S/c1-12-7-8-15(26-2)14(9-12)20-17(24)11-27-19-21-16(23)10-18(25)22(19)13-5-3-4-6-13/h7-10,13,23H,3-6,11H2,1-2H3,(H,20,24). The molecule has 2 N–H and O–H groups in total. The first-order valence-corrected chi connectivity index (χ1v) is 9.86. The maximum atomic E-state index is 12.4. The van der Waals surface area contributed by atoms with Crippen LogP contribution >= 0.6 is 11.8 Å². The fourth-order valence-electron chi connectivity index (χ4n) is 3.29. The first-order chi connectivity index (χ1) is 13.0. The van der Waals surface area contributed by atoms with E-state index in [1.165, 1.54) is 0 Å². The quantitative estimate of drug-likeness (QED) is 0.582. The van der Waals surface area contributed by atoms with Gasteiger partial charge in [-0.1, -0.05) is 30.7 Å². The van der Waals surface area contributed by atoms with Gasteiger partial charge < -0.3 is 15.2 Å². The number of nitrogens with zero attached hydrogens (tertiary/aromatic N) is 2. The molecule has 3 rings (SSSR count). The number of thioether (sulfide) groups is 1. The number of hydrogen-bond donors (Lipinski definition) is 2. The van der Waals surface area contributed by atoms with Crippen LogP contribution in [0.25, 0.3) is 0 Å². The monoisotopic (exact) mass is 389 g/mol. The first kappa shape index (κ1) is 19.3. The number of nitrogens with one attached hydrogen (secondary N) is 1. The number of aryl methyl sites for hydroxylation is 1. The van der Waals surface area contributed by atoms with E-state index in [-0.39, 0.29) is 29.1 Å². The average molecular weight is 389 g/mol. The van der Waals surface area contributed by atoms with Crippen LogP contribution in [0.3, 0.4) is 0 Å². The lowest BCUT2D eigenvalue weighted by Crippen LogP contribution is -2.26. The van der Waals surface area contributed by atoms with Gasteiger partial charge in [-0.05, 0) is 37.5 Å². The van der Waals surface area contributed by atoms with Crippen molar-refractivity contribution in [1.82, 2.24) is 9.55 Å². The van der Waals surface area contributed by atoms with Crippen molar-refractivity contribution in [3.05, 3.63) is 40.2 Å². The second kappa shape index (κ2) is 8.47. The average Bonchev–Trinajstić information content (AvgIpc) is 3.13. The number of benzene rings is 1. The minimum atomic E-state index is -0.322. The lowest BCUT2D eigenvalue weighted by molar-refractivity contribution is -0.113. The summed E-state index contributed by atoms with van der Waals surface area (Å²) in [6, 6.07) is 6.74. The Kier molecular flexibility index (Phi) is 6.05. The molecule has 0 radical (unpaired) electrons. The molecule has 1 aliphatic rings. The smallest absolute Gasteiger partial charge is 0.258 e. The van der Waals surface area contributed by atoms with E-state index in [0.29, 0.717) is 16.6 Å². The van der Waals surface area contributed by atoms with E-state index in [4.69, 9.17) is 4.74 Å². The number of aromatic hydroxyl groups is 1. The highest BCUT2D eigenvalue weighted by Crippen LogP contribution is 2.32. The van der Waals surface area contributed by atoms with Gasteiger partial charge >= 0.3 is 0 Å². The molecule has 7 nitrogen and oxygen atoms in total. The Morgan fingerprint density at radius 2 is 2.11 bits per heavy atom. The molecule has 2 aromatic rings. The van der Waals surface area contributed by atoms with Gasteiger partial charge in [0.25, 0.3) is 5.56 Å². The highest BCUT2D eigenvalue weighted by Gasteiger charge is 2.22. The lowest BCUT2D eigenvalue weighted by atomic mass is 10.2. The molecule has 0 spiro atoms. The summed E-state index contributed by atoms with van der Waals surface area (Å²) in [4.78, 5) is 28.8. The Hall–Kier alpha value is -2.48. The summed E-state index contributed by atoms with van der Waals surface area (Å²) in [5, 5.41) is 12.9. The number of carbonyl (C=O) groups excluding carboxylic acids is 1. The first-order valence-electron chi connectivity index (χ1n) is 8.88. The van der Waals surface area contributed by atoms with Crippen LogP contribution in [0.15, 0.2) is 34.2 Å². The molecule has 0 saturated heterocycles. The molecular formula is C19H23N3O4S. The minimum absolute atomic E-state index is 0.0692. The van der Waals surface area contributed by atoms with Crippen LogP contribution in [0.5, 0.6) is 11.6 Å². The number of rotatable bonds is 6. The van der Waals surface area contributed by atoms with Gasteiger partial charge in [-0.3, -0.25) is 14.2 Å². The van der Waals surface area contributed by atoms with Crippen molar-refractivity contribution in [1.29, 1.82) is 0 Å². The van der Waals surface area contributed by atoms with Crippen molar-refractivity contribution in [3.63, 3.8) is 0 Å². The molecule has 0 atom stereocenters. The summed E-state index contributed by atoms with van der Waals surface area (Å²) < 4.78 is 6.88. The number of ether oxygens (including phenoxy) is 1. The van der Waals surface area contributed by atoms with Crippen LogP contribution in [0.1, 0.15) is 37.3 Å². The number of aromatic nitrogens is 2. The maximum Gasteiger partial charge on any atom is 0.258 e. The van der Waals surface area contributed by atoms with E-state index in [1.54, 1.807) is 17.7 Å². The second-order valence-electron chi connectivity index (χ2n) is 6.58. The van der Waals surface area contributed by atoms with E-state index >= 15 is 0 Å². The third-order valence-electron chi connectivity index (χ3n) is 4.56. The summed E-state index contributed by atoms with van der Waals surface area (Å²) in [6.45, 7) is 1.93. The fourth-order valence-corrected chi connectivity index (χ4v) is 4.16. The Bertz CT molecular complexity index is 891. The van der Waals surface area contributed by atoms with Crippen molar-refractivity contribution in [2.24, 2.45) is 0 Å². The van der Waals surface area contributed by atoms with Crippen LogP contribution in [-0.4, -0.2) is 33.4 Å². The van der Waals surface area contributed by atoms with Gasteiger partial charge in [0.2, 0.25) is 11.8 Å². The van der Waals surface area contributed by atoms with Crippen molar-refractivity contribution >= 4 is 23.4 Å². The van der Waals surface area contributed by atoms with Crippen LogP contribution < -0.4 is 15.6 Å². The van der Waals surface area contributed by atoms with Crippen molar-refractivity contribution < 1.29 is 14.6 Å². The normalized spacial score (nSPS) is 14.3. The van der Waals surface area contributed by atoms with E-state index in [2.05, 4.69) is 10.3 Å². The summed E-state index contributed by atoms with van der Waals surface area (Å²) in [6.07, 6.45) is 3.95. The van der Waals surface area contributed by atoms with E-state index < -0.39 is 0 Å². The fraction of sp³-hybridized carbons (Fsp3) is 0.421. The SMILES string of the molecule is COc1ccc(C)cc1NC(=O)CSc1nc(O)cc(=O)n1C1CCCC1. The molecule has 0 unspecified atom stereocenters. The number of anilines is 1. The molecule has 1 heterocycles. The molecular weight excluding hydrogens is 366 g/mol. The molecule has 1 aromatic carbocycles. The van der Waals surface area contributed by atoms with E-state index in [0.717, 1.165) is 49.1 Å². The van der Waals surface area contributed by atoms with Gasteiger partial charge in [-0.2, -0.15) is 4.98 Å². The predicted molar refractivity (Wildman–Crippen MR) is 105 cm³/mol. The molecule has 1 aliphatic carbocycles. The molecule has 1 aromatic heterocycles. The Labute approximate surface area is 161 Å². The van der Waals surface area contributed by atoms with Crippen molar-refractivity contribution in [2.75, 3.05) is 18.2 Å². The van der Waals surface area contributed by atoms with Gasteiger partial charge in [-0.25, -0.2) is 0 Å². The molecule has 0 aliphatic heterocycles. The maximum absolute atomic E-state index is 12.4. The van der Waals surface area contributed by atoms with Gasteiger partial charge in [-0.15, -0.1) is 0 Å². The van der Waals surface area contributed by atoms with Crippen LogP contribution in [-0.2, 0) is 4.79 Å². The third kappa shape index (κ3) is 4.63. The molecule has 0 bridgehead atoms. The lowest BCUT2D eigenvalue weighted by Gasteiger charge is -2.17. The predicted octanol–water partition coefficient (Wildman–Crippen LogP) is 3.11. The van der Waals surface area contributed by atoms with E-state index in [1.807, 2.05) is 19.1 Å². The Morgan fingerprint density at radius 3 is 2.81 bits per heavy atom. The molecule has 1 fully saturated rings. The largest absolute Gasteiger partial charge is 0.495 e. The molecule has 1 saturated carbocycles. The van der Waals surface area contributed by atoms with Gasteiger partial charge in [0, 0.05) is 6.04 Å². The van der Waals surface area contributed by atoms with Crippen LogP contribution in [0.2, 0.25) is 0 Å². The number of carbonyl (C=O) groups is 1. The zero-order valence-corrected chi connectivity index (χ0v) is 16.2. The summed E-state index contributed by atoms with van der Waals surface area (Å²) in [5.74, 6) is 0.0916. The molecule has 1 amide bonds. The number of hydrogen-bond acceptors (Lipinski definition) is 6. The highest BCUT2D eigenvalue weighted by molar-refractivity contribution is 7.99. The van der Waals surface area contributed by atoms with Gasteiger partial charge in [0.05, 0.1) is 24.6 Å². The third-order valence-corrected chi connectivity index (χ3v) is 5.51. The molecule has 27 heavy (non-hydrogen) atoms. The zero-order chi connectivity index (χ0) is 19.4. The highest BCUT2D eigenvalue weighted by atomic mass is 32.2. The Morgan fingerprint density at radius 1 is 1.37 bits per heavy atom. The minimum Gasteiger partial charge on any atom is -0.495 e. The summed E-state index contributed by atoms with van der Waals surface area (Å²) in [5.41, 5.74) is 1.32. The number of amides is 1. The van der Waals surface area contributed by atoms with Crippen molar-refractivity contribution in [2.45, 2.75) is 43.8 Å². The summed E-state index contributed by atoms with van der Waals surface area (Å²) in [7, 11) is 1.55. The second-order valence-corrected chi connectivity index (χ2v) is 7.53. The zero-order valence-electron chi connectivity index (χ0n) is 15.4. The van der Waals surface area contributed by atoms with Crippen molar-refractivity contribution in [3.8, 4) is 11.6 Å². The topological polar surface area (TPSA) is 93.5 Å². The van der Waals surface area contributed by atoms with Gasteiger partial charge in [0.15, 0.2) is 5.16 Å². The number of methoxy groups -OCH3 is 1. The molecule has 8 heteroatoms. The van der Waals surface area contributed by atoms with Crippen LogP contribution in [0, 0.1) is 6.92 Å². The van der Waals surface area contributed by atoms with Gasteiger partial charge in [0.1, 0.15) is 5.75 Å². The molecule has 144 valence electrons. The summed E-state index contributed by atoms with van der Waals surface area (Å²) >= 11 is 1.15. The van der Waals surface area contributed by atoms with E-state index in [9.17, 15) is 14.7 Å². The Balaban J connectivity index is 1.74.